The third-order valence-corrected chi connectivity index (χ3v) is 4.74. The summed E-state index contributed by atoms with van der Waals surface area (Å²) in [6.07, 6.45) is -0.317. The van der Waals surface area contributed by atoms with E-state index >= 15 is 0 Å². The Hall–Kier alpha value is -1.68. The van der Waals surface area contributed by atoms with Gasteiger partial charge in [-0.1, -0.05) is 75.4 Å². The largest absolute Gasteiger partial charge is 0.349 e. The minimum atomic E-state index is -0.288. The van der Waals surface area contributed by atoms with E-state index in [1.54, 1.807) is 0 Å². The summed E-state index contributed by atoms with van der Waals surface area (Å²) >= 11 is 0. The van der Waals surface area contributed by atoms with Crippen molar-refractivity contribution in [2.24, 2.45) is 0 Å². The highest BCUT2D eigenvalue weighted by Crippen LogP contribution is 2.30. The zero-order valence-electron chi connectivity index (χ0n) is 15.7. The molecule has 0 spiro atoms. The lowest BCUT2D eigenvalue weighted by Crippen LogP contribution is -2.43. The second kappa shape index (κ2) is 7.69. The Morgan fingerprint density at radius 3 is 2.56 bits per heavy atom. The van der Waals surface area contributed by atoms with Gasteiger partial charge in [-0.2, -0.15) is 0 Å². The quantitative estimate of drug-likeness (QED) is 0.872. The third kappa shape index (κ3) is 4.49. The number of rotatable bonds is 4. The molecule has 3 nitrogen and oxygen atoms in total. The summed E-state index contributed by atoms with van der Waals surface area (Å²) in [6.45, 7) is 10.3. The topological polar surface area (TPSA) is 30.5 Å². The molecule has 1 aliphatic rings. The van der Waals surface area contributed by atoms with E-state index in [4.69, 9.17) is 9.47 Å². The molecular formula is C22H29NO2. The molecule has 3 atom stereocenters. The summed E-state index contributed by atoms with van der Waals surface area (Å²) in [5.41, 5.74) is 3.84. The maximum absolute atomic E-state index is 6.33. The molecule has 1 N–H and O–H groups in total. The van der Waals surface area contributed by atoms with Crippen LogP contribution in [0.25, 0.3) is 0 Å². The fourth-order valence-corrected chi connectivity index (χ4v) is 3.17. The van der Waals surface area contributed by atoms with Crippen LogP contribution in [0.3, 0.4) is 0 Å². The van der Waals surface area contributed by atoms with Crippen molar-refractivity contribution in [1.29, 1.82) is 0 Å². The van der Waals surface area contributed by atoms with Crippen LogP contribution in [0.1, 0.15) is 56.5 Å². The van der Waals surface area contributed by atoms with E-state index in [2.05, 4.69) is 81.5 Å². The first kappa shape index (κ1) is 18.1. The van der Waals surface area contributed by atoms with Crippen LogP contribution in [0.4, 0.5) is 0 Å². The third-order valence-electron chi connectivity index (χ3n) is 4.74. The molecule has 3 heteroatoms. The summed E-state index contributed by atoms with van der Waals surface area (Å²) in [6, 6.07) is 19.1. The lowest BCUT2D eigenvalue weighted by molar-refractivity contribution is -0.200. The van der Waals surface area contributed by atoms with Crippen LogP contribution in [0, 0.1) is 0 Å². The van der Waals surface area contributed by atoms with Gasteiger partial charge in [-0.05, 0) is 29.0 Å². The van der Waals surface area contributed by atoms with E-state index in [0.29, 0.717) is 6.61 Å². The summed E-state index contributed by atoms with van der Waals surface area (Å²) in [5, 5.41) is 3.53. The van der Waals surface area contributed by atoms with Gasteiger partial charge < -0.3 is 14.8 Å². The number of morpholine rings is 1. The summed E-state index contributed by atoms with van der Waals surface area (Å²) in [7, 11) is 0. The molecule has 25 heavy (non-hydrogen) atoms. The standard InChI is InChI=1S/C22H29NO2/c1-16(18-11-8-12-19(15-18)22(2,3)4)25-21-20(23-13-14-24-21)17-9-6-5-7-10-17/h5-12,15-16,20-21,23H,13-14H2,1-4H3/t16-,20+,21-/m1/s1. The molecule has 2 aromatic rings. The highest BCUT2D eigenvalue weighted by Gasteiger charge is 2.29. The van der Waals surface area contributed by atoms with Crippen molar-refractivity contribution in [1.82, 2.24) is 5.32 Å². The van der Waals surface area contributed by atoms with Gasteiger partial charge in [-0.25, -0.2) is 0 Å². The second-order valence-corrected chi connectivity index (χ2v) is 7.74. The Kier molecular flexibility index (Phi) is 5.57. The van der Waals surface area contributed by atoms with Gasteiger partial charge in [0.05, 0.1) is 18.8 Å². The van der Waals surface area contributed by atoms with Gasteiger partial charge in [0.25, 0.3) is 0 Å². The fourth-order valence-electron chi connectivity index (χ4n) is 3.17. The monoisotopic (exact) mass is 339 g/mol. The second-order valence-electron chi connectivity index (χ2n) is 7.74. The molecule has 0 unspecified atom stereocenters. The van der Waals surface area contributed by atoms with E-state index in [1.165, 1.54) is 16.7 Å². The van der Waals surface area contributed by atoms with E-state index in [1.807, 2.05) is 6.07 Å². The van der Waals surface area contributed by atoms with E-state index < -0.39 is 0 Å². The molecule has 0 radical (unpaired) electrons. The Morgan fingerprint density at radius 1 is 1.08 bits per heavy atom. The molecule has 1 heterocycles. The zero-order chi connectivity index (χ0) is 17.9. The lowest BCUT2D eigenvalue weighted by Gasteiger charge is -2.35. The van der Waals surface area contributed by atoms with Crippen LogP contribution in [0.2, 0.25) is 0 Å². The van der Waals surface area contributed by atoms with Crippen molar-refractivity contribution in [3.63, 3.8) is 0 Å². The molecule has 3 rings (SSSR count). The van der Waals surface area contributed by atoms with E-state index in [-0.39, 0.29) is 23.9 Å². The zero-order valence-corrected chi connectivity index (χ0v) is 15.7. The van der Waals surface area contributed by atoms with Crippen molar-refractivity contribution in [2.75, 3.05) is 13.2 Å². The first-order valence-electron chi connectivity index (χ1n) is 9.11. The number of benzene rings is 2. The maximum Gasteiger partial charge on any atom is 0.177 e. The maximum atomic E-state index is 6.33. The van der Waals surface area contributed by atoms with Crippen molar-refractivity contribution < 1.29 is 9.47 Å². The number of nitrogens with one attached hydrogen (secondary N) is 1. The van der Waals surface area contributed by atoms with Crippen LogP contribution in [-0.4, -0.2) is 19.4 Å². The van der Waals surface area contributed by atoms with Crippen molar-refractivity contribution in [3.8, 4) is 0 Å². The van der Waals surface area contributed by atoms with Gasteiger partial charge in [-0.3, -0.25) is 0 Å². The van der Waals surface area contributed by atoms with Gasteiger partial charge in [0.2, 0.25) is 0 Å². The molecule has 0 saturated carbocycles. The van der Waals surface area contributed by atoms with Gasteiger partial charge in [0.1, 0.15) is 0 Å². The first-order chi connectivity index (χ1) is 11.9. The lowest BCUT2D eigenvalue weighted by atomic mass is 9.86. The van der Waals surface area contributed by atoms with Gasteiger partial charge in [-0.15, -0.1) is 0 Å². The smallest absolute Gasteiger partial charge is 0.177 e. The van der Waals surface area contributed by atoms with Gasteiger partial charge >= 0.3 is 0 Å². The highest BCUT2D eigenvalue weighted by molar-refractivity contribution is 5.30. The molecular weight excluding hydrogens is 310 g/mol. The molecule has 2 aromatic carbocycles. The van der Waals surface area contributed by atoms with Crippen LogP contribution in [0.5, 0.6) is 0 Å². The average molecular weight is 339 g/mol. The predicted molar refractivity (Wildman–Crippen MR) is 102 cm³/mol. The fraction of sp³-hybridized carbons (Fsp3) is 0.455. The van der Waals surface area contributed by atoms with E-state index in [9.17, 15) is 0 Å². The van der Waals surface area contributed by atoms with E-state index in [0.717, 1.165) is 6.54 Å². The molecule has 0 aromatic heterocycles. The minimum Gasteiger partial charge on any atom is -0.349 e. The Morgan fingerprint density at radius 2 is 1.84 bits per heavy atom. The van der Waals surface area contributed by atoms with Crippen molar-refractivity contribution in [3.05, 3.63) is 71.3 Å². The Labute approximate surface area is 151 Å². The average Bonchev–Trinajstić information content (AvgIpc) is 2.62. The molecule has 0 amide bonds. The number of hydrogen-bond acceptors (Lipinski definition) is 3. The minimum absolute atomic E-state index is 0.0292. The molecule has 1 fully saturated rings. The summed E-state index contributed by atoms with van der Waals surface area (Å²) in [4.78, 5) is 0. The van der Waals surface area contributed by atoms with Crippen LogP contribution in [0.15, 0.2) is 54.6 Å². The first-order valence-corrected chi connectivity index (χ1v) is 9.11. The van der Waals surface area contributed by atoms with Crippen LogP contribution in [-0.2, 0) is 14.9 Å². The van der Waals surface area contributed by atoms with Crippen LogP contribution >= 0.6 is 0 Å². The molecule has 1 aliphatic heterocycles. The number of hydrogen-bond donors (Lipinski definition) is 1. The van der Waals surface area contributed by atoms with Gasteiger partial charge in [0, 0.05) is 6.54 Å². The van der Waals surface area contributed by atoms with Crippen LogP contribution < -0.4 is 5.32 Å². The molecule has 0 aliphatic carbocycles. The van der Waals surface area contributed by atoms with Crippen molar-refractivity contribution in [2.45, 2.75) is 51.5 Å². The Balaban J connectivity index is 1.76. The molecule has 134 valence electrons. The molecule has 0 bridgehead atoms. The summed E-state index contributed by atoms with van der Waals surface area (Å²) in [5.74, 6) is 0. The molecule has 1 saturated heterocycles. The SMILES string of the molecule is C[C@@H](O[C@H]1OCCN[C@H]1c1ccccc1)c1cccc(C(C)(C)C)c1. The highest BCUT2D eigenvalue weighted by atomic mass is 16.7. The van der Waals surface area contributed by atoms with Gasteiger partial charge in [0.15, 0.2) is 6.29 Å². The van der Waals surface area contributed by atoms with Crippen molar-refractivity contribution >= 4 is 0 Å². The normalized spacial score (nSPS) is 22.6. The predicted octanol–water partition coefficient (Wildman–Crippen LogP) is 4.75. The Bertz CT molecular complexity index is 678. The number of ether oxygens (including phenoxy) is 2. The summed E-state index contributed by atoms with van der Waals surface area (Å²) < 4.78 is 12.3.